The van der Waals surface area contributed by atoms with Gasteiger partial charge in [0.1, 0.15) is 17.7 Å². The summed E-state index contributed by atoms with van der Waals surface area (Å²) >= 11 is 3.52. The Labute approximate surface area is 162 Å². The highest BCUT2D eigenvalue weighted by Gasteiger charge is 2.33. The third kappa shape index (κ3) is 2.54. The molecule has 0 radical (unpaired) electrons. The third-order valence-electron chi connectivity index (χ3n) is 4.76. The Morgan fingerprint density at radius 2 is 2.15 bits per heavy atom. The maximum absolute atomic E-state index is 12.5. The van der Waals surface area contributed by atoms with Gasteiger partial charge in [-0.1, -0.05) is 28.1 Å². The minimum atomic E-state index is -0.0703. The van der Waals surface area contributed by atoms with Gasteiger partial charge in [0.05, 0.1) is 12.0 Å². The highest BCUT2D eigenvalue weighted by molar-refractivity contribution is 9.10. The van der Waals surface area contributed by atoms with E-state index >= 15 is 0 Å². The molecule has 1 aliphatic heterocycles. The van der Waals surface area contributed by atoms with Crippen LogP contribution in [0.1, 0.15) is 29.2 Å². The molecule has 4 aromatic rings. The quantitative estimate of drug-likeness (QED) is 0.515. The van der Waals surface area contributed by atoms with E-state index in [0.29, 0.717) is 29.2 Å². The lowest BCUT2D eigenvalue weighted by Gasteiger charge is -2.24. The van der Waals surface area contributed by atoms with Gasteiger partial charge < -0.3 is 10.3 Å². The van der Waals surface area contributed by atoms with E-state index in [0.717, 1.165) is 21.3 Å². The second kappa shape index (κ2) is 5.98. The molecule has 1 aliphatic rings. The summed E-state index contributed by atoms with van der Waals surface area (Å²) in [7, 11) is 0. The summed E-state index contributed by atoms with van der Waals surface area (Å²) in [5.41, 5.74) is 4.13. The van der Waals surface area contributed by atoms with E-state index < -0.39 is 0 Å². The van der Waals surface area contributed by atoms with Gasteiger partial charge >= 0.3 is 0 Å². The van der Waals surface area contributed by atoms with E-state index in [1.54, 1.807) is 11.0 Å². The Kier molecular flexibility index (Phi) is 3.57. The Morgan fingerprint density at radius 1 is 1.26 bits per heavy atom. The lowest BCUT2D eigenvalue weighted by molar-refractivity contribution is -0.116. The summed E-state index contributed by atoms with van der Waals surface area (Å²) in [5, 5.41) is 7.65. The minimum Gasteiger partial charge on any atom is -0.340 e. The number of nitrogens with zero attached hydrogens (tertiary/aromatic N) is 5. The number of hydrogen-bond acceptors (Lipinski definition) is 5. The van der Waals surface area contributed by atoms with Crippen LogP contribution in [0.4, 0.5) is 5.82 Å². The Balaban J connectivity index is 1.73. The number of aromatic amines is 1. The molecule has 0 fully saturated rings. The molecule has 0 saturated heterocycles. The second-order valence-corrected chi connectivity index (χ2v) is 7.33. The number of fused-ring (bicyclic) bond motifs is 2. The Morgan fingerprint density at radius 3 is 3.00 bits per heavy atom. The number of halogens is 1. The third-order valence-corrected chi connectivity index (χ3v) is 5.25. The summed E-state index contributed by atoms with van der Waals surface area (Å²) in [6, 6.07) is 8.03. The summed E-state index contributed by atoms with van der Waals surface area (Å²) in [5.74, 6) is 1.07. The van der Waals surface area contributed by atoms with E-state index in [1.165, 1.54) is 6.33 Å². The molecule has 9 heteroatoms. The van der Waals surface area contributed by atoms with Crippen molar-refractivity contribution in [1.29, 1.82) is 0 Å². The molecule has 0 aliphatic carbocycles. The fourth-order valence-electron chi connectivity index (χ4n) is 3.62. The van der Waals surface area contributed by atoms with Crippen LogP contribution in [0.2, 0.25) is 0 Å². The highest BCUT2D eigenvalue weighted by Crippen LogP contribution is 2.40. The van der Waals surface area contributed by atoms with Gasteiger partial charge in [0, 0.05) is 22.4 Å². The Hall–Kier alpha value is -3.07. The number of anilines is 1. The fraction of sp³-hybridized carbons (Fsp3) is 0.167. The van der Waals surface area contributed by atoms with Crippen LogP contribution >= 0.6 is 15.9 Å². The fourth-order valence-corrected chi connectivity index (χ4v) is 4.04. The summed E-state index contributed by atoms with van der Waals surface area (Å²) < 4.78 is 2.64. The van der Waals surface area contributed by atoms with Gasteiger partial charge in [-0.3, -0.25) is 4.79 Å². The standard InChI is InChI=1S/C18H14BrN7O/c1-9-14-12(10-3-2-4-11(19)5-10)6-13(27)24-17(14)26(25-9)18-15-16(21-7-20-15)22-8-23-18/h2-5,7-8,12H,6H2,1H3,(H,24,27)(H,20,21,22,23)/t12-/m0/s1. The number of carbonyl (C=O) groups excluding carboxylic acids is 1. The number of hydrogen-bond donors (Lipinski definition) is 2. The molecule has 27 heavy (non-hydrogen) atoms. The number of imidazole rings is 1. The number of aryl methyl sites for hydroxylation is 1. The zero-order chi connectivity index (χ0) is 18.5. The van der Waals surface area contributed by atoms with Crippen molar-refractivity contribution in [3.05, 3.63) is 58.2 Å². The second-order valence-electron chi connectivity index (χ2n) is 6.42. The first-order valence-electron chi connectivity index (χ1n) is 8.41. The minimum absolute atomic E-state index is 0.0523. The van der Waals surface area contributed by atoms with E-state index in [4.69, 9.17) is 0 Å². The van der Waals surface area contributed by atoms with Crippen LogP contribution in [-0.4, -0.2) is 35.6 Å². The van der Waals surface area contributed by atoms with Crippen molar-refractivity contribution in [3.8, 4) is 5.82 Å². The van der Waals surface area contributed by atoms with E-state index in [-0.39, 0.29) is 11.8 Å². The molecular weight excluding hydrogens is 410 g/mol. The molecule has 1 aromatic carbocycles. The predicted molar refractivity (Wildman–Crippen MR) is 103 cm³/mol. The molecule has 0 spiro atoms. The Bertz CT molecular complexity index is 1200. The first kappa shape index (κ1) is 16.1. The van der Waals surface area contributed by atoms with Crippen LogP contribution in [0.25, 0.3) is 17.0 Å². The maximum atomic E-state index is 12.5. The van der Waals surface area contributed by atoms with E-state index in [1.807, 2.05) is 31.2 Å². The molecule has 8 nitrogen and oxygen atoms in total. The van der Waals surface area contributed by atoms with Crippen LogP contribution in [-0.2, 0) is 4.79 Å². The van der Waals surface area contributed by atoms with E-state index in [9.17, 15) is 4.79 Å². The van der Waals surface area contributed by atoms with Gasteiger partial charge in [-0.2, -0.15) is 9.78 Å². The molecule has 3 aromatic heterocycles. The van der Waals surface area contributed by atoms with Crippen molar-refractivity contribution in [1.82, 2.24) is 29.7 Å². The molecule has 2 N–H and O–H groups in total. The smallest absolute Gasteiger partial charge is 0.226 e. The van der Waals surface area contributed by atoms with Gasteiger partial charge in [-0.15, -0.1) is 0 Å². The normalized spacial score (nSPS) is 16.4. The van der Waals surface area contributed by atoms with Crippen molar-refractivity contribution in [2.24, 2.45) is 0 Å². The van der Waals surface area contributed by atoms with Gasteiger partial charge in [0.25, 0.3) is 0 Å². The van der Waals surface area contributed by atoms with Gasteiger partial charge in [0.2, 0.25) is 5.91 Å². The zero-order valence-corrected chi connectivity index (χ0v) is 15.9. The van der Waals surface area contributed by atoms with Crippen LogP contribution in [0, 0.1) is 6.92 Å². The van der Waals surface area contributed by atoms with Crippen LogP contribution < -0.4 is 5.32 Å². The number of carbonyl (C=O) groups is 1. The monoisotopic (exact) mass is 423 g/mol. The molecule has 134 valence electrons. The number of H-pyrrole nitrogens is 1. The summed E-state index contributed by atoms with van der Waals surface area (Å²) in [6.45, 7) is 1.95. The van der Waals surface area contributed by atoms with Gasteiger partial charge in [0.15, 0.2) is 11.5 Å². The van der Waals surface area contributed by atoms with Gasteiger partial charge in [-0.05, 0) is 24.6 Å². The molecule has 1 atom stereocenters. The molecule has 0 bridgehead atoms. The number of aromatic nitrogens is 6. The topological polar surface area (TPSA) is 101 Å². The van der Waals surface area contributed by atoms with Crippen molar-refractivity contribution in [3.63, 3.8) is 0 Å². The molecule has 1 amide bonds. The molecule has 4 heterocycles. The van der Waals surface area contributed by atoms with Crippen LogP contribution in [0.3, 0.4) is 0 Å². The number of benzene rings is 1. The van der Waals surface area contributed by atoms with Crippen LogP contribution in [0.15, 0.2) is 41.4 Å². The maximum Gasteiger partial charge on any atom is 0.226 e. The first-order chi connectivity index (χ1) is 13.1. The zero-order valence-electron chi connectivity index (χ0n) is 14.3. The molecule has 0 saturated carbocycles. The van der Waals surface area contributed by atoms with Crippen molar-refractivity contribution in [2.75, 3.05) is 5.32 Å². The number of nitrogens with one attached hydrogen (secondary N) is 2. The predicted octanol–water partition coefficient (Wildman–Crippen LogP) is 3.08. The summed E-state index contributed by atoms with van der Waals surface area (Å²) in [6.07, 6.45) is 3.38. The summed E-state index contributed by atoms with van der Waals surface area (Å²) in [4.78, 5) is 28.2. The lowest BCUT2D eigenvalue weighted by Crippen LogP contribution is -2.25. The van der Waals surface area contributed by atoms with Gasteiger partial charge in [-0.25, -0.2) is 15.0 Å². The number of rotatable bonds is 2. The van der Waals surface area contributed by atoms with Crippen LogP contribution in [0.5, 0.6) is 0 Å². The average molecular weight is 424 g/mol. The first-order valence-corrected chi connectivity index (χ1v) is 9.20. The van der Waals surface area contributed by atoms with Crippen molar-refractivity contribution < 1.29 is 4.79 Å². The van der Waals surface area contributed by atoms with E-state index in [2.05, 4.69) is 46.3 Å². The SMILES string of the molecule is Cc1nn(-c2ncnc3nc[nH]c23)c2c1[C@H](c1cccc(Br)c1)CC(=O)N2. The number of amides is 1. The van der Waals surface area contributed by atoms with Crippen molar-refractivity contribution in [2.45, 2.75) is 19.3 Å². The lowest BCUT2D eigenvalue weighted by atomic mass is 9.86. The molecule has 0 unspecified atom stereocenters. The van der Waals surface area contributed by atoms with Crippen molar-refractivity contribution >= 4 is 38.8 Å². The molecule has 5 rings (SSSR count). The highest BCUT2D eigenvalue weighted by atomic mass is 79.9. The molecular formula is C18H14BrN7O. The average Bonchev–Trinajstić information content (AvgIpc) is 3.25. The largest absolute Gasteiger partial charge is 0.340 e.